The van der Waals surface area contributed by atoms with E-state index in [1.165, 1.54) is 29.5 Å². The molecule has 1 heterocycles. The Kier molecular flexibility index (Phi) is 4.42. The number of carbonyl (C=O) groups excluding carboxylic acids is 1. The lowest BCUT2D eigenvalue weighted by atomic mass is 9.85. The average Bonchev–Trinajstić information content (AvgIpc) is 3.08. The van der Waals surface area contributed by atoms with Crippen molar-refractivity contribution in [3.05, 3.63) is 83.2 Å². The second-order valence-electron chi connectivity index (χ2n) is 5.27. The van der Waals surface area contributed by atoms with E-state index in [9.17, 15) is 14.3 Å². The molecule has 0 saturated carbocycles. The van der Waals surface area contributed by atoms with Crippen molar-refractivity contribution in [2.45, 2.75) is 12.1 Å². The van der Waals surface area contributed by atoms with E-state index in [0.29, 0.717) is 0 Å². The zero-order chi connectivity index (χ0) is 17.2. The summed E-state index contributed by atoms with van der Waals surface area (Å²) < 4.78 is 14.5. The fraction of sp³-hybridized carbons (Fsp3) is 0.118. The molecule has 5 nitrogen and oxygen atoms in total. The van der Waals surface area contributed by atoms with Gasteiger partial charge in [-0.25, -0.2) is 14.1 Å². The summed E-state index contributed by atoms with van der Waals surface area (Å²) in [6.07, 6.45) is 2.69. The molecule has 1 atom stereocenters. The van der Waals surface area contributed by atoms with E-state index in [1.807, 2.05) is 0 Å². The Morgan fingerprint density at radius 2 is 1.92 bits per heavy atom. The SMILES string of the molecule is O=C(c1ccc(F)cc1)C(O)(Cn1cncn1)c1ccccc1Cl. The predicted molar refractivity (Wildman–Crippen MR) is 86.1 cm³/mol. The molecule has 7 heteroatoms. The Balaban J connectivity index is 2.09. The van der Waals surface area contributed by atoms with Crippen LogP contribution in [0.4, 0.5) is 4.39 Å². The summed E-state index contributed by atoms with van der Waals surface area (Å²) in [7, 11) is 0. The second kappa shape index (κ2) is 6.51. The molecular formula is C17H13ClFN3O2. The van der Waals surface area contributed by atoms with Gasteiger partial charge >= 0.3 is 0 Å². The fourth-order valence-corrected chi connectivity index (χ4v) is 2.76. The molecule has 0 aliphatic carbocycles. The number of benzene rings is 2. The van der Waals surface area contributed by atoms with Crippen LogP contribution in [0.5, 0.6) is 0 Å². The first-order valence-corrected chi connectivity index (χ1v) is 7.48. The Bertz CT molecular complexity index is 853. The first-order valence-electron chi connectivity index (χ1n) is 7.11. The smallest absolute Gasteiger partial charge is 0.200 e. The van der Waals surface area contributed by atoms with Gasteiger partial charge < -0.3 is 5.11 Å². The molecule has 0 fully saturated rings. The van der Waals surface area contributed by atoms with Gasteiger partial charge in [0.2, 0.25) is 5.78 Å². The van der Waals surface area contributed by atoms with Gasteiger partial charge in [0.1, 0.15) is 18.5 Å². The summed E-state index contributed by atoms with van der Waals surface area (Å²) >= 11 is 6.19. The van der Waals surface area contributed by atoms with Crippen LogP contribution in [0.1, 0.15) is 15.9 Å². The van der Waals surface area contributed by atoms with Crippen LogP contribution in [-0.4, -0.2) is 25.7 Å². The van der Waals surface area contributed by atoms with Crippen molar-refractivity contribution in [3.63, 3.8) is 0 Å². The van der Waals surface area contributed by atoms with Crippen molar-refractivity contribution < 1.29 is 14.3 Å². The Labute approximate surface area is 142 Å². The molecule has 2 aromatic carbocycles. The monoisotopic (exact) mass is 345 g/mol. The van der Waals surface area contributed by atoms with Crippen LogP contribution in [0.3, 0.4) is 0 Å². The number of hydrogen-bond donors (Lipinski definition) is 1. The van der Waals surface area contributed by atoms with Crippen molar-refractivity contribution in [2.24, 2.45) is 0 Å². The zero-order valence-electron chi connectivity index (χ0n) is 12.4. The number of hydrogen-bond acceptors (Lipinski definition) is 4. The van der Waals surface area contributed by atoms with Gasteiger partial charge in [0.15, 0.2) is 5.60 Å². The van der Waals surface area contributed by atoms with Crippen LogP contribution < -0.4 is 0 Å². The molecule has 3 rings (SSSR count). The predicted octanol–water partition coefficient (Wildman–Crippen LogP) is 2.84. The second-order valence-corrected chi connectivity index (χ2v) is 5.68. The van der Waals surface area contributed by atoms with Gasteiger partial charge in [-0.1, -0.05) is 29.8 Å². The van der Waals surface area contributed by atoms with E-state index < -0.39 is 17.2 Å². The lowest BCUT2D eigenvalue weighted by Gasteiger charge is -2.28. The first-order chi connectivity index (χ1) is 11.5. The van der Waals surface area contributed by atoms with Crippen molar-refractivity contribution in [1.82, 2.24) is 14.8 Å². The number of halogens is 2. The van der Waals surface area contributed by atoms with Gasteiger partial charge in [-0.05, 0) is 30.3 Å². The lowest BCUT2D eigenvalue weighted by Crippen LogP contribution is -2.40. The maximum Gasteiger partial charge on any atom is 0.200 e. The molecule has 1 N–H and O–H groups in total. The highest BCUT2D eigenvalue weighted by Crippen LogP contribution is 2.32. The Morgan fingerprint density at radius 1 is 1.21 bits per heavy atom. The summed E-state index contributed by atoms with van der Waals surface area (Å²) in [4.78, 5) is 16.8. The quantitative estimate of drug-likeness (QED) is 0.722. The molecule has 0 bridgehead atoms. The van der Waals surface area contributed by atoms with E-state index in [4.69, 9.17) is 11.6 Å². The highest BCUT2D eigenvalue weighted by Gasteiger charge is 2.40. The molecule has 0 amide bonds. The average molecular weight is 346 g/mol. The van der Waals surface area contributed by atoms with Crippen LogP contribution in [0.25, 0.3) is 0 Å². The molecular weight excluding hydrogens is 333 g/mol. The summed E-state index contributed by atoms with van der Waals surface area (Å²) in [6.45, 7) is -0.174. The van der Waals surface area contributed by atoms with Gasteiger partial charge in [0, 0.05) is 16.1 Å². The lowest BCUT2D eigenvalue weighted by molar-refractivity contribution is 0.0182. The summed E-state index contributed by atoms with van der Waals surface area (Å²) in [6, 6.07) is 11.5. The molecule has 0 aliphatic rings. The van der Waals surface area contributed by atoms with E-state index in [1.54, 1.807) is 24.3 Å². The molecule has 1 aromatic heterocycles. The van der Waals surface area contributed by atoms with E-state index >= 15 is 0 Å². The summed E-state index contributed by atoms with van der Waals surface area (Å²) in [5.41, 5.74) is -1.56. The number of rotatable bonds is 5. The van der Waals surface area contributed by atoms with E-state index in [0.717, 1.165) is 12.1 Å². The zero-order valence-corrected chi connectivity index (χ0v) is 13.2. The van der Waals surface area contributed by atoms with Gasteiger partial charge in [0.25, 0.3) is 0 Å². The fourth-order valence-electron chi connectivity index (χ4n) is 2.46. The minimum atomic E-state index is -1.97. The van der Waals surface area contributed by atoms with Gasteiger partial charge in [-0.3, -0.25) is 4.79 Å². The van der Waals surface area contributed by atoms with Crippen LogP contribution in [0.2, 0.25) is 5.02 Å². The molecule has 24 heavy (non-hydrogen) atoms. The molecule has 122 valence electrons. The normalized spacial score (nSPS) is 13.5. The van der Waals surface area contributed by atoms with Crippen molar-refractivity contribution >= 4 is 17.4 Å². The Morgan fingerprint density at radius 3 is 2.54 bits per heavy atom. The van der Waals surface area contributed by atoms with E-state index in [2.05, 4.69) is 10.1 Å². The summed E-state index contributed by atoms with van der Waals surface area (Å²) in [5, 5.41) is 15.4. The third kappa shape index (κ3) is 3.06. The molecule has 0 spiro atoms. The highest BCUT2D eigenvalue weighted by molar-refractivity contribution is 6.31. The number of nitrogens with zero attached hydrogens (tertiary/aromatic N) is 3. The van der Waals surface area contributed by atoms with Gasteiger partial charge in [-0.15, -0.1) is 0 Å². The maximum absolute atomic E-state index is 13.1. The maximum atomic E-state index is 13.1. The molecule has 0 radical (unpaired) electrons. The highest BCUT2D eigenvalue weighted by atomic mass is 35.5. The van der Waals surface area contributed by atoms with Crippen molar-refractivity contribution in [3.8, 4) is 0 Å². The number of ketones is 1. The third-order valence-electron chi connectivity index (χ3n) is 3.66. The van der Waals surface area contributed by atoms with Crippen LogP contribution in [-0.2, 0) is 12.1 Å². The Hall–Kier alpha value is -2.57. The molecule has 1 unspecified atom stereocenters. The largest absolute Gasteiger partial charge is 0.375 e. The number of aromatic nitrogens is 3. The molecule has 0 saturated heterocycles. The van der Waals surface area contributed by atoms with E-state index in [-0.39, 0.29) is 22.7 Å². The van der Waals surface area contributed by atoms with Crippen molar-refractivity contribution in [1.29, 1.82) is 0 Å². The minimum absolute atomic E-state index is 0.166. The molecule has 0 aliphatic heterocycles. The topological polar surface area (TPSA) is 68.0 Å². The summed E-state index contributed by atoms with van der Waals surface area (Å²) in [5.74, 6) is -1.07. The van der Waals surface area contributed by atoms with Gasteiger partial charge in [-0.2, -0.15) is 5.10 Å². The number of carbonyl (C=O) groups is 1. The van der Waals surface area contributed by atoms with Crippen LogP contribution >= 0.6 is 11.6 Å². The first kappa shape index (κ1) is 16.3. The minimum Gasteiger partial charge on any atom is -0.375 e. The third-order valence-corrected chi connectivity index (χ3v) is 3.99. The van der Waals surface area contributed by atoms with Crippen molar-refractivity contribution in [2.75, 3.05) is 0 Å². The number of aliphatic hydroxyl groups is 1. The van der Waals surface area contributed by atoms with Crippen LogP contribution in [0, 0.1) is 5.82 Å². The molecule has 3 aromatic rings. The number of Topliss-reactive ketones (excluding diaryl/α,β-unsaturated/α-hetero) is 1. The van der Waals surface area contributed by atoms with Crippen LogP contribution in [0.15, 0.2) is 61.2 Å². The van der Waals surface area contributed by atoms with Gasteiger partial charge in [0.05, 0.1) is 6.54 Å². The standard InChI is InChI=1S/C17H13ClFN3O2/c18-15-4-2-1-3-14(15)17(24,9-22-11-20-10-21-22)16(23)12-5-7-13(19)8-6-12/h1-8,10-11,24H,9H2.